The molecule has 0 aliphatic rings. The molecule has 35 heavy (non-hydrogen) atoms. The second-order valence-corrected chi connectivity index (χ2v) is 8.08. The lowest BCUT2D eigenvalue weighted by molar-refractivity contribution is 0.340. The quantitative estimate of drug-likeness (QED) is 0.274. The fourth-order valence-corrected chi connectivity index (χ4v) is 4.19. The molecule has 2 aromatic carbocycles. The lowest BCUT2D eigenvalue weighted by atomic mass is 10.1. The van der Waals surface area contributed by atoms with Gasteiger partial charge < -0.3 is 14.2 Å². The van der Waals surface area contributed by atoms with Gasteiger partial charge in [-0.1, -0.05) is 6.07 Å². The van der Waals surface area contributed by atoms with Gasteiger partial charge in [0.15, 0.2) is 0 Å². The number of hydrogen-bond donors (Lipinski definition) is 0. The zero-order chi connectivity index (χ0) is 23.9. The predicted molar refractivity (Wildman–Crippen MR) is 143 cm³/mol. The summed E-state index contributed by atoms with van der Waals surface area (Å²) in [6, 6.07) is 17.3. The molecule has 0 bridgehead atoms. The molecule has 0 N–H and O–H groups in total. The van der Waals surface area contributed by atoms with E-state index in [1.807, 2.05) is 78.5 Å². The first-order valence-electron chi connectivity index (χ1n) is 10.8. The van der Waals surface area contributed by atoms with Gasteiger partial charge in [-0.05, 0) is 56.3 Å². The van der Waals surface area contributed by atoms with Gasteiger partial charge in [-0.2, -0.15) is 5.10 Å². The van der Waals surface area contributed by atoms with Crippen molar-refractivity contribution >= 4 is 35.1 Å². The van der Waals surface area contributed by atoms with Gasteiger partial charge in [0.25, 0.3) is 0 Å². The SMILES string of the molecule is CCOc1ccc(N=c2scc(-c3ccc(OC)cc3OC)n2/N=C(/C)c2cccnc2)cc1.Cl. The van der Waals surface area contributed by atoms with Crippen LogP contribution in [0.2, 0.25) is 0 Å². The van der Waals surface area contributed by atoms with Crippen molar-refractivity contribution in [3.05, 3.63) is 82.7 Å². The summed E-state index contributed by atoms with van der Waals surface area (Å²) in [4.78, 5) is 9.80. The minimum atomic E-state index is 0. The lowest BCUT2D eigenvalue weighted by Crippen LogP contribution is -2.14. The third kappa shape index (κ3) is 6.09. The molecule has 7 nitrogen and oxygen atoms in total. The van der Waals surface area contributed by atoms with E-state index in [0.29, 0.717) is 12.4 Å². The highest BCUT2D eigenvalue weighted by Crippen LogP contribution is 2.34. The maximum atomic E-state index is 5.66. The number of aromatic nitrogens is 2. The van der Waals surface area contributed by atoms with Crippen LogP contribution in [0.1, 0.15) is 19.4 Å². The molecule has 4 aromatic rings. The highest BCUT2D eigenvalue weighted by atomic mass is 35.5. The Hall–Kier alpha value is -3.62. The molecule has 9 heteroatoms. The Labute approximate surface area is 214 Å². The Morgan fingerprint density at radius 3 is 2.46 bits per heavy atom. The molecule has 0 fully saturated rings. The first-order chi connectivity index (χ1) is 16.6. The third-order valence-electron chi connectivity index (χ3n) is 5.07. The van der Waals surface area contributed by atoms with Crippen LogP contribution >= 0.6 is 23.7 Å². The summed E-state index contributed by atoms with van der Waals surface area (Å²) in [5.74, 6) is 2.22. The lowest BCUT2D eigenvalue weighted by Gasteiger charge is -2.11. The van der Waals surface area contributed by atoms with Gasteiger partial charge in [0.2, 0.25) is 4.80 Å². The molecule has 0 amide bonds. The second kappa shape index (κ2) is 12.2. The molecule has 2 heterocycles. The van der Waals surface area contributed by atoms with Crippen LogP contribution in [0, 0.1) is 0 Å². The van der Waals surface area contributed by atoms with Crippen LogP contribution < -0.4 is 19.0 Å². The van der Waals surface area contributed by atoms with Crippen LogP contribution in [-0.2, 0) is 0 Å². The molecule has 0 saturated heterocycles. The average Bonchev–Trinajstić information content (AvgIpc) is 3.26. The van der Waals surface area contributed by atoms with Crippen LogP contribution in [0.5, 0.6) is 17.2 Å². The zero-order valence-electron chi connectivity index (χ0n) is 20.0. The van der Waals surface area contributed by atoms with Crippen LogP contribution in [0.15, 0.2) is 82.5 Å². The van der Waals surface area contributed by atoms with Crippen molar-refractivity contribution in [1.29, 1.82) is 0 Å². The standard InChI is InChI=1S/C26H26N4O3S.ClH/c1-5-33-21-10-8-20(9-11-21)28-26-30(29-18(2)19-7-6-14-27-16-19)24(17-34-26)23-13-12-22(31-3)15-25(23)32-4;/h6-17H,5H2,1-4H3;1H/b28-26?,29-18-;. The summed E-state index contributed by atoms with van der Waals surface area (Å²) in [6.07, 6.45) is 3.54. The number of thiazole rings is 1. The van der Waals surface area contributed by atoms with E-state index in [2.05, 4.69) is 4.98 Å². The summed E-state index contributed by atoms with van der Waals surface area (Å²) in [5, 5.41) is 6.95. The fourth-order valence-electron chi connectivity index (χ4n) is 3.35. The summed E-state index contributed by atoms with van der Waals surface area (Å²) >= 11 is 1.50. The van der Waals surface area contributed by atoms with Gasteiger partial charge in [-0.15, -0.1) is 23.7 Å². The zero-order valence-corrected chi connectivity index (χ0v) is 21.6. The van der Waals surface area contributed by atoms with Gasteiger partial charge in [-0.25, -0.2) is 9.67 Å². The van der Waals surface area contributed by atoms with E-state index >= 15 is 0 Å². The number of pyridine rings is 1. The molecule has 0 atom stereocenters. The van der Waals surface area contributed by atoms with E-state index in [0.717, 1.165) is 44.5 Å². The van der Waals surface area contributed by atoms with Crippen LogP contribution in [0.25, 0.3) is 11.3 Å². The molecular formula is C26H27ClN4O3S. The molecule has 4 rings (SSSR count). The van der Waals surface area contributed by atoms with Gasteiger partial charge in [0.1, 0.15) is 17.2 Å². The Kier molecular flexibility index (Phi) is 9.05. The van der Waals surface area contributed by atoms with Crippen molar-refractivity contribution in [1.82, 2.24) is 9.66 Å². The minimum Gasteiger partial charge on any atom is -0.497 e. The molecule has 0 spiro atoms. The van der Waals surface area contributed by atoms with Crippen molar-refractivity contribution in [3.63, 3.8) is 0 Å². The van der Waals surface area contributed by atoms with E-state index in [9.17, 15) is 0 Å². The molecule has 0 saturated carbocycles. The first kappa shape index (κ1) is 26.0. The normalized spacial score (nSPS) is 11.7. The fraction of sp³-hybridized carbons (Fsp3) is 0.192. The number of ether oxygens (including phenoxy) is 3. The highest BCUT2D eigenvalue weighted by Gasteiger charge is 2.14. The molecule has 2 aromatic heterocycles. The number of methoxy groups -OCH3 is 2. The maximum absolute atomic E-state index is 5.66. The third-order valence-corrected chi connectivity index (χ3v) is 5.89. The first-order valence-corrected chi connectivity index (χ1v) is 11.7. The minimum absolute atomic E-state index is 0. The van der Waals surface area contributed by atoms with E-state index in [1.54, 1.807) is 26.6 Å². The second-order valence-electron chi connectivity index (χ2n) is 7.25. The Bertz CT molecular complexity index is 1350. The van der Waals surface area contributed by atoms with Crippen LogP contribution in [-0.4, -0.2) is 36.2 Å². The number of nitrogens with zero attached hydrogens (tertiary/aromatic N) is 4. The molecule has 0 aliphatic heterocycles. The van der Waals surface area contributed by atoms with Gasteiger partial charge in [0.05, 0.1) is 37.9 Å². The van der Waals surface area contributed by atoms with Crippen molar-refractivity contribution in [2.75, 3.05) is 20.8 Å². The topological polar surface area (TPSA) is 70.2 Å². The van der Waals surface area contributed by atoms with Gasteiger partial charge >= 0.3 is 0 Å². The molecule has 0 unspecified atom stereocenters. The Morgan fingerprint density at radius 1 is 1.03 bits per heavy atom. The number of benzene rings is 2. The highest BCUT2D eigenvalue weighted by molar-refractivity contribution is 7.07. The predicted octanol–water partition coefficient (Wildman–Crippen LogP) is 5.95. The summed E-state index contributed by atoms with van der Waals surface area (Å²) in [7, 11) is 3.28. The smallest absolute Gasteiger partial charge is 0.211 e. The van der Waals surface area contributed by atoms with Crippen molar-refractivity contribution in [3.8, 4) is 28.5 Å². The van der Waals surface area contributed by atoms with E-state index in [4.69, 9.17) is 24.3 Å². The van der Waals surface area contributed by atoms with Crippen molar-refractivity contribution < 1.29 is 14.2 Å². The van der Waals surface area contributed by atoms with Gasteiger partial charge in [0, 0.05) is 35.0 Å². The Balaban J connectivity index is 0.00000342. The van der Waals surface area contributed by atoms with E-state index in [1.165, 1.54) is 11.3 Å². The maximum Gasteiger partial charge on any atom is 0.211 e. The van der Waals surface area contributed by atoms with E-state index in [-0.39, 0.29) is 12.4 Å². The number of halogens is 1. The summed E-state index contributed by atoms with van der Waals surface area (Å²) in [5.41, 5.74) is 4.30. The molecular weight excluding hydrogens is 484 g/mol. The van der Waals surface area contributed by atoms with Crippen molar-refractivity contribution in [2.45, 2.75) is 13.8 Å². The summed E-state index contributed by atoms with van der Waals surface area (Å²) in [6.45, 7) is 4.54. The number of hydrogen-bond acceptors (Lipinski definition) is 7. The molecule has 0 radical (unpaired) electrons. The molecule has 182 valence electrons. The monoisotopic (exact) mass is 510 g/mol. The molecule has 0 aliphatic carbocycles. The number of rotatable bonds is 8. The van der Waals surface area contributed by atoms with Gasteiger partial charge in [-0.3, -0.25) is 4.98 Å². The van der Waals surface area contributed by atoms with E-state index < -0.39 is 0 Å². The van der Waals surface area contributed by atoms with Crippen LogP contribution in [0.4, 0.5) is 5.69 Å². The largest absolute Gasteiger partial charge is 0.497 e. The average molecular weight is 511 g/mol. The van der Waals surface area contributed by atoms with Crippen molar-refractivity contribution in [2.24, 2.45) is 10.1 Å². The Morgan fingerprint density at radius 2 is 1.80 bits per heavy atom. The van der Waals surface area contributed by atoms with Crippen LogP contribution in [0.3, 0.4) is 0 Å². The summed E-state index contributed by atoms with van der Waals surface area (Å²) < 4.78 is 18.4.